The van der Waals surface area contributed by atoms with E-state index in [4.69, 9.17) is 0 Å². The molecule has 84 valence electrons. The van der Waals surface area contributed by atoms with Crippen molar-refractivity contribution in [2.24, 2.45) is 0 Å². The van der Waals surface area contributed by atoms with E-state index < -0.39 is 0 Å². The Morgan fingerprint density at radius 1 is 1.06 bits per heavy atom. The molecule has 17 heavy (non-hydrogen) atoms. The fourth-order valence-corrected chi connectivity index (χ4v) is 1.61. The van der Waals surface area contributed by atoms with Crippen LogP contribution in [0.15, 0.2) is 48.8 Å². The molecule has 0 bridgehead atoms. The van der Waals surface area contributed by atoms with Crippen LogP contribution in [0.2, 0.25) is 0 Å². The second kappa shape index (κ2) is 4.21. The predicted molar refractivity (Wildman–Crippen MR) is 64.6 cm³/mol. The average molecular weight is 225 g/mol. The van der Waals surface area contributed by atoms with Crippen molar-refractivity contribution in [1.82, 2.24) is 19.8 Å². The molecule has 0 aliphatic rings. The molecular formula is C12H11N5. The first kappa shape index (κ1) is 9.77. The van der Waals surface area contributed by atoms with E-state index in [1.54, 1.807) is 10.8 Å². The molecule has 5 heteroatoms. The molecule has 0 saturated heterocycles. The van der Waals surface area contributed by atoms with Gasteiger partial charge < -0.3 is 5.32 Å². The van der Waals surface area contributed by atoms with Crippen LogP contribution in [0.5, 0.6) is 0 Å². The normalized spacial score (nSPS) is 10.6. The van der Waals surface area contributed by atoms with Crippen molar-refractivity contribution in [3.63, 3.8) is 0 Å². The summed E-state index contributed by atoms with van der Waals surface area (Å²) >= 11 is 0. The lowest BCUT2D eigenvalue weighted by molar-refractivity contribution is 0.917. The maximum absolute atomic E-state index is 4.33. The summed E-state index contributed by atoms with van der Waals surface area (Å²) in [6.07, 6.45) is 1.59. The summed E-state index contributed by atoms with van der Waals surface area (Å²) in [6.45, 7) is 0.751. The van der Waals surface area contributed by atoms with Gasteiger partial charge in [0, 0.05) is 6.54 Å². The Kier molecular flexibility index (Phi) is 2.42. The molecule has 2 heterocycles. The Hall–Kier alpha value is -2.43. The van der Waals surface area contributed by atoms with E-state index in [2.05, 4.69) is 32.7 Å². The summed E-state index contributed by atoms with van der Waals surface area (Å²) in [4.78, 5) is 0. The van der Waals surface area contributed by atoms with Gasteiger partial charge in [0.25, 0.3) is 0 Å². The van der Waals surface area contributed by atoms with Gasteiger partial charge in [-0.3, -0.25) is 0 Å². The first-order valence-electron chi connectivity index (χ1n) is 5.37. The standard InChI is InChI=1S/C12H11N5/c1-2-4-10(5-3-1)8-13-11-6-7-12-15-14-9-17(12)16-11/h1-7,9H,8H2,(H,13,16). The number of rotatable bonds is 3. The predicted octanol–water partition coefficient (Wildman–Crippen LogP) is 1.74. The van der Waals surface area contributed by atoms with Crippen LogP contribution in [0.3, 0.4) is 0 Å². The largest absolute Gasteiger partial charge is 0.365 e. The van der Waals surface area contributed by atoms with Crippen LogP contribution < -0.4 is 5.32 Å². The fraction of sp³-hybridized carbons (Fsp3) is 0.0833. The minimum atomic E-state index is 0.746. The highest BCUT2D eigenvalue weighted by Crippen LogP contribution is 2.06. The van der Waals surface area contributed by atoms with Crippen LogP contribution in [0.4, 0.5) is 5.82 Å². The van der Waals surface area contributed by atoms with Gasteiger partial charge in [0.1, 0.15) is 12.1 Å². The molecule has 0 saturated carbocycles. The maximum Gasteiger partial charge on any atom is 0.177 e. The van der Waals surface area contributed by atoms with Crippen molar-refractivity contribution in [3.8, 4) is 0 Å². The van der Waals surface area contributed by atoms with Crippen LogP contribution in [-0.4, -0.2) is 19.8 Å². The highest BCUT2D eigenvalue weighted by atomic mass is 15.4. The van der Waals surface area contributed by atoms with Gasteiger partial charge in [-0.1, -0.05) is 30.3 Å². The fourth-order valence-electron chi connectivity index (χ4n) is 1.61. The van der Waals surface area contributed by atoms with E-state index in [9.17, 15) is 0 Å². The number of hydrogen-bond acceptors (Lipinski definition) is 4. The Balaban J connectivity index is 1.76. The molecule has 0 radical (unpaired) electrons. The van der Waals surface area contributed by atoms with Crippen LogP contribution in [-0.2, 0) is 6.54 Å². The van der Waals surface area contributed by atoms with E-state index in [0.717, 1.165) is 18.0 Å². The van der Waals surface area contributed by atoms with Crippen molar-refractivity contribution < 1.29 is 0 Å². The molecule has 3 aromatic rings. The molecule has 0 spiro atoms. The van der Waals surface area contributed by atoms with E-state index in [-0.39, 0.29) is 0 Å². The van der Waals surface area contributed by atoms with Gasteiger partial charge in [0.05, 0.1) is 0 Å². The van der Waals surface area contributed by atoms with Crippen LogP contribution in [0.1, 0.15) is 5.56 Å². The van der Waals surface area contributed by atoms with Gasteiger partial charge in [-0.05, 0) is 17.7 Å². The van der Waals surface area contributed by atoms with Crippen molar-refractivity contribution in [3.05, 3.63) is 54.4 Å². The molecule has 5 nitrogen and oxygen atoms in total. The third-order valence-electron chi connectivity index (χ3n) is 2.48. The van der Waals surface area contributed by atoms with Crippen molar-refractivity contribution in [2.45, 2.75) is 6.54 Å². The lowest BCUT2D eigenvalue weighted by Gasteiger charge is -2.05. The number of nitrogens with zero attached hydrogens (tertiary/aromatic N) is 4. The average Bonchev–Trinajstić information content (AvgIpc) is 2.85. The van der Waals surface area contributed by atoms with Gasteiger partial charge >= 0.3 is 0 Å². The summed E-state index contributed by atoms with van der Waals surface area (Å²) in [7, 11) is 0. The summed E-state index contributed by atoms with van der Waals surface area (Å²) in [6, 6.07) is 14.0. The summed E-state index contributed by atoms with van der Waals surface area (Å²) in [5.41, 5.74) is 1.97. The number of aromatic nitrogens is 4. The Bertz CT molecular complexity index is 617. The molecule has 0 fully saturated rings. The van der Waals surface area contributed by atoms with E-state index in [0.29, 0.717) is 0 Å². The molecule has 0 atom stereocenters. The van der Waals surface area contributed by atoms with E-state index in [1.807, 2.05) is 30.3 Å². The highest BCUT2D eigenvalue weighted by molar-refractivity contribution is 5.43. The van der Waals surface area contributed by atoms with Crippen LogP contribution in [0, 0.1) is 0 Å². The maximum atomic E-state index is 4.33. The third kappa shape index (κ3) is 2.08. The van der Waals surface area contributed by atoms with E-state index in [1.165, 1.54) is 5.56 Å². The van der Waals surface area contributed by atoms with Crippen LogP contribution >= 0.6 is 0 Å². The molecule has 2 aromatic heterocycles. The minimum Gasteiger partial charge on any atom is -0.365 e. The smallest absolute Gasteiger partial charge is 0.177 e. The molecule has 1 N–H and O–H groups in total. The third-order valence-corrected chi connectivity index (χ3v) is 2.48. The topological polar surface area (TPSA) is 55.1 Å². The number of fused-ring (bicyclic) bond motifs is 1. The number of nitrogens with one attached hydrogen (secondary N) is 1. The monoisotopic (exact) mass is 225 g/mol. The van der Waals surface area contributed by atoms with Gasteiger partial charge in [-0.25, -0.2) is 0 Å². The number of hydrogen-bond donors (Lipinski definition) is 1. The quantitative estimate of drug-likeness (QED) is 0.737. The molecular weight excluding hydrogens is 214 g/mol. The molecule has 1 aromatic carbocycles. The van der Waals surface area contributed by atoms with Crippen molar-refractivity contribution >= 4 is 11.5 Å². The van der Waals surface area contributed by atoms with E-state index >= 15 is 0 Å². The Morgan fingerprint density at radius 2 is 1.94 bits per heavy atom. The molecule has 0 aliphatic carbocycles. The highest BCUT2D eigenvalue weighted by Gasteiger charge is 1.98. The van der Waals surface area contributed by atoms with Crippen LogP contribution in [0.25, 0.3) is 5.65 Å². The van der Waals surface area contributed by atoms with Gasteiger partial charge in [-0.15, -0.1) is 15.3 Å². The molecule has 3 rings (SSSR count). The number of benzene rings is 1. The first-order valence-corrected chi connectivity index (χ1v) is 5.37. The molecule has 0 amide bonds. The summed E-state index contributed by atoms with van der Waals surface area (Å²) in [5, 5.41) is 15.3. The lowest BCUT2D eigenvalue weighted by atomic mass is 10.2. The number of anilines is 1. The Morgan fingerprint density at radius 3 is 2.82 bits per heavy atom. The summed E-state index contributed by atoms with van der Waals surface area (Å²) < 4.78 is 1.65. The lowest BCUT2D eigenvalue weighted by Crippen LogP contribution is -2.03. The zero-order valence-electron chi connectivity index (χ0n) is 9.11. The summed E-state index contributed by atoms with van der Waals surface area (Å²) in [5.74, 6) is 0.807. The SMILES string of the molecule is c1ccc(CNc2ccc3nncn3n2)cc1. The zero-order chi connectivity index (χ0) is 11.5. The molecule has 0 unspecified atom stereocenters. The van der Waals surface area contributed by atoms with Gasteiger partial charge in [0.15, 0.2) is 5.65 Å². The van der Waals surface area contributed by atoms with Crippen molar-refractivity contribution in [2.75, 3.05) is 5.32 Å². The Labute approximate surface area is 98.1 Å². The molecule has 0 aliphatic heterocycles. The second-order valence-corrected chi connectivity index (χ2v) is 3.69. The first-order chi connectivity index (χ1) is 8.42. The minimum absolute atomic E-state index is 0.746. The second-order valence-electron chi connectivity index (χ2n) is 3.69. The van der Waals surface area contributed by atoms with Gasteiger partial charge in [0.2, 0.25) is 0 Å². The van der Waals surface area contributed by atoms with Gasteiger partial charge in [-0.2, -0.15) is 4.52 Å². The zero-order valence-corrected chi connectivity index (χ0v) is 9.11. The van der Waals surface area contributed by atoms with Crippen molar-refractivity contribution in [1.29, 1.82) is 0 Å².